The molecule has 158 valence electrons. The average molecular weight is 448 g/mol. The van der Waals surface area contributed by atoms with Gasteiger partial charge in [0.2, 0.25) is 0 Å². The third-order valence-electron chi connectivity index (χ3n) is 4.39. The molecule has 1 atom stereocenters. The van der Waals surface area contributed by atoms with E-state index >= 15 is 0 Å². The molecular weight excluding hydrogens is 426 g/mol. The van der Waals surface area contributed by atoms with Crippen LogP contribution in [0.15, 0.2) is 63.9 Å². The summed E-state index contributed by atoms with van der Waals surface area (Å²) in [6, 6.07) is 15.6. The first-order chi connectivity index (χ1) is 14.5. The fraction of sp³-hybridized carbons (Fsp3) is 0.227. The van der Waals surface area contributed by atoms with E-state index in [0.717, 1.165) is 17.1 Å². The van der Waals surface area contributed by atoms with Crippen molar-refractivity contribution in [3.63, 3.8) is 0 Å². The summed E-state index contributed by atoms with van der Waals surface area (Å²) in [4.78, 5) is 13.0. The van der Waals surface area contributed by atoms with E-state index in [1.807, 2.05) is 18.2 Å². The van der Waals surface area contributed by atoms with E-state index in [1.54, 1.807) is 50.6 Å². The highest BCUT2D eigenvalue weighted by Gasteiger charge is 2.14. The number of amides is 1. The van der Waals surface area contributed by atoms with E-state index in [0.29, 0.717) is 28.6 Å². The molecule has 0 bridgehead atoms. The minimum absolute atomic E-state index is 0.161. The molecule has 1 heterocycles. The van der Waals surface area contributed by atoms with Gasteiger partial charge < -0.3 is 19.2 Å². The van der Waals surface area contributed by atoms with Crippen LogP contribution >= 0.6 is 11.6 Å². The predicted octanol–water partition coefficient (Wildman–Crippen LogP) is 4.23. The molecule has 0 aliphatic rings. The van der Waals surface area contributed by atoms with E-state index in [9.17, 15) is 9.00 Å². The van der Waals surface area contributed by atoms with E-state index in [-0.39, 0.29) is 17.4 Å². The van der Waals surface area contributed by atoms with Gasteiger partial charge in [0.1, 0.15) is 17.3 Å². The number of methoxy groups -OCH3 is 2. The highest BCUT2D eigenvalue weighted by atomic mass is 35.5. The van der Waals surface area contributed by atoms with E-state index in [4.69, 9.17) is 25.5 Å². The number of rotatable bonds is 9. The first kappa shape index (κ1) is 21.9. The van der Waals surface area contributed by atoms with Gasteiger partial charge in [0.15, 0.2) is 5.76 Å². The van der Waals surface area contributed by atoms with Crippen LogP contribution in [-0.4, -0.2) is 30.9 Å². The molecule has 1 aromatic heterocycles. The largest absolute Gasteiger partial charge is 0.497 e. The first-order valence-electron chi connectivity index (χ1n) is 9.22. The summed E-state index contributed by atoms with van der Waals surface area (Å²) in [5, 5.41) is 3.34. The number of halogens is 1. The second-order valence-corrected chi connectivity index (χ2v) is 8.28. The molecule has 0 saturated heterocycles. The Morgan fingerprint density at radius 3 is 2.67 bits per heavy atom. The summed E-state index contributed by atoms with van der Waals surface area (Å²) < 4.78 is 28.6. The number of benzene rings is 2. The Labute approximate surface area is 182 Å². The topological polar surface area (TPSA) is 77.8 Å². The number of carbonyl (C=O) groups is 1. The normalized spacial score (nSPS) is 11.7. The van der Waals surface area contributed by atoms with Crippen LogP contribution in [0.4, 0.5) is 0 Å². The summed E-state index contributed by atoms with van der Waals surface area (Å²) in [6.07, 6.45) is 0.568. The minimum atomic E-state index is -1.32. The van der Waals surface area contributed by atoms with E-state index < -0.39 is 10.8 Å². The Morgan fingerprint density at radius 2 is 1.93 bits per heavy atom. The van der Waals surface area contributed by atoms with Crippen LogP contribution in [0.2, 0.25) is 5.02 Å². The fourth-order valence-electron chi connectivity index (χ4n) is 2.87. The molecule has 3 aromatic rings. The molecule has 0 fully saturated rings. The predicted molar refractivity (Wildman–Crippen MR) is 116 cm³/mol. The molecule has 0 radical (unpaired) electrons. The molecule has 3 rings (SSSR count). The molecule has 8 heteroatoms. The molecule has 0 spiro atoms. The highest BCUT2D eigenvalue weighted by molar-refractivity contribution is 7.84. The number of ether oxygens (including phenoxy) is 2. The summed E-state index contributed by atoms with van der Waals surface area (Å²) >= 11 is 5.94. The molecule has 0 saturated carbocycles. The van der Waals surface area contributed by atoms with Gasteiger partial charge in [-0.3, -0.25) is 9.00 Å². The second kappa shape index (κ2) is 10.3. The molecule has 0 aliphatic heterocycles. The maximum Gasteiger partial charge on any atom is 0.287 e. The number of hydrogen-bond acceptors (Lipinski definition) is 5. The molecule has 2 aromatic carbocycles. The van der Waals surface area contributed by atoms with Gasteiger partial charge in [-0.1, -0.05) is 17.7 Å². The van der Waals surface area contributed by atoms with Crippen molar-refractivity contribution in [1.82, 2.24) is 5.32 Å². The van der Waals surface area contributed by atoms with Crippen molar-refractivity contribution in [1.29, 1.82) is 0 Å². The second-order valence-electron chi connectivity index (χ2n) is 6.40. The maximum absolute atomic E-state index is 12.5. The van der Waals surface area contributed by atoms with Crippen LogP contribution in [0, 0.1) is 0 Å². The molecule has 0 unspecified atom stereocenters. The summed E-state index contributed by atoms with van der Waals surface area (Å²) in [5.74, 6) is 1.92. The van der Waals surface area contributed by atoms with Crippen LogP contribution in [0.5, 0.6) is 11.5 Å². The van der Waals surface area contributed by atoms with E-state index in [2.05, 4.69) is 5.32 Å². The van der Waals surface area contributed by atoms with Gasteiger partial charge in [-0.2, -0.15) is 0 Å². The first-order valence-corrected chi connectivity index (χ1v) is 10.9. The van der Waals surface area contributed by atoms with Crippen LogP contribution < -0.4 is 14.8 Å². The fourth-order valence-corrected chi connectivity index (χ4v) is 4.20. The Balaban J connectivity index is 1.56. The smallest absolute Gasteiger partial charge is 0.287 e. The molecular formula is C22H22ClNO5S. The Kier molecular flexibility index (Phi) is 7.54. The van der Waals surface area contributed by atoms with Crippen molar-refractivity contribution in [2.45, 2.75) is 17.1 Å². The average Bonchev–Trinajstić information content (AvgIpc) is 3.22. The van der Waals surface area contributed by atoms with Crippen molar-refractivity contribution < 1.29 is 22.9 Å². The quantitative estimate of drug-likeness (QED) is 0.531. The van der Waals surface area contributed by atoms with Gasteiger partial charge >= 0.3 is 0 Å². The zero-order valence-corrected chi connectivity index (χ0v) is 18.2. The van der Waals surface area contributed by atoms with E-state index in [1.165, 1.54) is 0 Å². The number of carbonyl (C=O) groups excluding carboxylic acids is 1. The summed E-state index contributed by atoms with van der Waals surface area (Å²) in [6.45, 7) is 0.396. The van der Waals surface area contributed by atoms with Crippen molar-refractivity contribution in [2.24, 2.45) is 0 Å². The lowest BCUT2D eigenvalue weighted by atomic mass is 10.1. The third kappa shape index (κ3) is 5.64. The number of nitrogens with one attached hydrogen (secondary N) is 1. The molecule has 6 nitrogen and oxygen atoms in total. The van der Waals surface area contributed by atoms with Crippen LogP contribution in [0.3, 0.4) is 0 Å². The van der Waals surface area contributed by atoms with Crippen molar-refractivity contribution >= 4 is 28.3 Å². The zero-order valence-electron chi connectivity index (χ0n) is 16.6. The Bertz CT molecular complexity index is 1050. The zero-order chi connectivity index (χ0) is 21.5. The Hall–Kier alpha value is -2.77. The van der Waals surface area contributed by atoms with Crippen LogP contribution in [-0.2, 0) is 23.0 Å². The van der Waals surface area contributed by atoms with Gasteiger partial charge in [0, 0.05) is 16.5 Å². The third-order valence-corrected chi connectivity index (χ3v) is 5.95. The van der Waals surface area contributed by atoms with Crippen LogP contribution in [0.25, 0.3) is 0 Å². The van der Waals surface area contributed by atoms with Gasteiger partial charge in [-0.05, 0) is 60.5 Å². The summed E-state index contributed by atoms with van der Waals surface area (Å²) in [5.41, 5.74) is 0.925. The SMILES string of the molecule is COc1ccc(OC)c(CCNC(=O)c2ccc(C[S@](=O)c3cccc(Cl)c3)o2)c1. The number of hydrogen-bond donors (Lipinski definition) is 1. The minimum Gasteiger partial charge on any atom is -0.497 e. The Morgan fingerprint density at radius 1 is 1.10 bits per heavy atom. The standard InChI is InChI=1S/C22H22ClNO5S/c1-27-17-6-8-20(28-2)15(12-17)10-11-24-22(25)21-9-7-18(29-21)14-30(26)19-5-3-4-16(23)13-19/h3-9,12-13H,10-11,14H2,1-2H3,(H,24,25)/t30-/m0/s1. The van der Waals surface area contributed by atoms with Gasteiger partial charge in [-0.25, -0.2) is 0 Å². The number of furan rings is 1. The maximum atomic E-state index is 12.5. The van der Waals surface area contributed by atoms with Gasteiger partial charge in [0.05, 0.1) is 30.8 Å². The van der Waals surface area contributed by atoms with Crippen LogP contribution in [0.1, 0.15) is 21.9 Å². The lowest BCUT2D eigenvalue weighted by Crippen LogP contribution is -2.25. The van der Waals surface area contributed by atoms with Crippen molar-refractivity contribution in [2.75, 3.05) is 20.8 Å². The van der Waals surface area contributed by atoms with Crippen molar-refractivity contribution in [3.05, 3.63) is 76.7 Å². The van der Waals surface area contributed by atoms with Crippen molar-refractivity contribution in [3.8, 4) is 11.5 Å². The van der Waals surface area contributed by atoms with Gasteiger partial charge in [0.25, 0.3) is 5.91 Å². The lowest BCUT2D eigenvalue weighted by molar-refractivity contribution is 0.0925. The highest BCUT2D eigenvalue weighted by Crippen LogP contribution is 2.24. The molecule has 30 heavy (non-hydrogen) atoms. The molecule has 0 aliphatic carbocycles. The molecule has 1 N–H and O–H groups in total. The monoisotopic (exact) mass is 447 g/mol. The lowest BCUT2D eigenvalue weighted by Gasteiger charge is -2.10. The summed E-state index contributed by atoms with van der Waals surface area (Å²) in [7, 11) is 1.88. The molecule has 1 amide bonds. The van der Waals surface area contributed by atoms with Gasteiger partial charge in [-0.15, -0.1) is 0 Å².